The van der Waals surface area contributed by atoms with Gasteiger partial charge in [0, 0.05) is 11.4 Å². The van der Waals surface area contributed by atoms with Crippen LogP contribution in [0.15, 0.2) is 40.9 Å². The summed E-state index contributed by atoms with van der Waals surface area (Å²) in [6.45, 7) is 4.99. The van der Waals surface area contributed by atoms with Crippen LogP contribution in [0.4, 0.5) is 0 Å². The topological polar surface area (TPSA) is 76.0 Å². The summed E-state index contributed by atoms with van der Waals surface area (Å²) in [7, 11) is 0. The van der Waals surface area contributed by atoms with E-state index in [0.717, 1.165) is 5.56 Å². The fourth-order valence-electron chi connectivity index (χ4n) is 1.61. The van der Waals surface area contributed by atoms with E-state index in [-0.39, 0.29) is 12.2 Å². The number of carbonyl (C=O) groups is 1. The second kappa shape index (κ2) is 7.22. The molecule has 0 bridgehead atoms. The highest BCUT2D eigenvalue weighted by Crippen LogP contribution is 2.18. The molecular formula is C15H18ClNO4. The molecule has 1 rings (SSSR count). The van der Waals surface area contributed by atoms with Crippen molar-refractivity contribution in [3.63, 3.8) is 0 Å². The SMILES string of the molecule is CC(C)(C)OC(=O)/C(N=O)=C(\O)CCc1cccc(Cl)c1. The summed E-state index contributed by atoms with van der Waals surface area (Å²) in [5.41, 5.74) is -0.476. The maximum Gasteiger partial charge on any atom is 0.364 e. The van der Waals surface area contributed by atoms with E-state index in [1.54, 1.807) is 39.0 Å². The van der Waals surface area contributed by atoms with Crippen molar-refractivity contribution in [2.45, 2.75) is 39.2 Å². The normalized spacial score (nSPS) is 12.6. The Morgan fingerprint density at radius 3 is 2.57 bits per heavy atom. The average molecular weight is 312 g/mol. The van der Waals surface area contributed by atoms with Crippen LogP contribution in [0, 0.1) is 4.91 Å². The van der Waals surface area contributed by atoms with Gasteiger partial charge in [-0.15, -0.1) is 4.91 Å². The Balaban J connectivity index is 2.79. The summed E-state index contributed by atoms with van der Waals surface area (Å²) in [6, 6.07) is 7.10. The van der Waals surface area contributed by atoms with Crippen molar-refractivity contribution in [1.82, 2.24) is 0 Å². The maximum atomic E-state index is 11.7. The Bertz CT molecular complexity index is 561. The highest BCUT2D eigenvalue weighted by molar-refractivity contribution is 6.30. The van der Waals surface area contributed by atoms with Gasteiger partial charge < -0.3 is 9.84 Å². The number of aliphatic hydroxyl groups is 1. The first kappa shape index (κ1) is 17.2. The van der Waals surface area contributed by atoms with Crippen LogP contribution in [-0.2, 0) is 16.0 Å². The number of nitroso groups, excluding NO2 is 1. The van der Waals surface area contributed by atoms with Gasteiger partial charge >= 0.3 is 5.97 Å². The quantitative estimate of drug-likeness (QED) is 0.383. The second-order valence-corrected chi connectivity index (χ2v) is 5.95. The van der Waals surface area contributed by atoms with Gasteiger partial charge in [0.2, 0.25) is 5.70 Å². The minimum absolute atomic E-state index is 0.0979. The zero-order valence-electron chi connectivity index (χ0n) is 12.2. The van der Waals surface area contributed by atoms with E-state index < -0.39 is 17.3 Å². The van der Waals surface area contributed by atoms with E-state index in [4.69, 9.17) is 16.3 Å². The van der Waals surface area contributed by atoms with Crippen molar-refractivity contribution in [3.8, 4) is 0 Å². The summed E-state index contributed by atoms with van der Waals surface area (Å²) >= 11 is 5.86. The Kier molecular flexibility index (Phi) is 5.90. The van der Waals surface area contributed by atoms with Gasteiger partial charge in [-0.05, 0) is 50.1 Å². The van der Waals surface area contributed by atoms with Crippen LogP contribution in [0.25, 0.3) is 0 Å². The number of hydrogen-bond donors (Lipinski definition) is 1. The molecule has 0 aliphatic rings. The molecule has 0 spiro atoms. The van der Waals surface area contributed by atoms with Gasteiger partial charge in [0.15, 0.2) is 0 Å². The van der Waals surface area contributed by atoms with Crippen molar-refractivity contribution in [2.75, 3.05) is 0 Å². The fraction of sp³-hybridized carbons (Fsp3) is 0.400. The smallest absolute Gasteiger partial charge is 0.364 e. The van der Waals surface area contributed by atoms with E-state index in [1.165, 1.54) is 0 Å². The van der Waals surface area contributed by atoms with Crippen molar-refractivity contribution in [1.29, 1.82) is 0 Å². The number of esters is 1. The highest BCUT2D eigenvalue weighted by Gasteiger charge is 2.23. The van der Waals surface area contributed by atoms with Gasteiger partial charge in [-0.3, -0.25) is 0 Å². The minimum Gasteiger partial charge on any atom is -0.510 e. The lowest BCUT2D eigenvalue weighted by molar-refractivity contribution is -0.150. The molecule has 5 nitrogen and oxygen atoms in total. The summed E-state index contributed by atoms with van der Waals surface area (Å²) in [5, 5.41) is 13.0. The van der Waals surface area contributed by atoms with E-state index in [2.05, 4.69) is 5.18 Å². The lowest BCUT2D eigenvalue weighted by atomic mass is 10.1. The maximum absolute atomic E-state index is 11.7. The molecule has 0 heterocycles. The standard InChI is InChI=1S/C15H18ClNO4/c1-15(2,3)21-14(19)13(17-20)12(18)8-7-10-5-4-6-11(16)9-10/h4-6,9,18H,7-8H2,1-3H3/b13-12+. The first-order chi connectivity index (χ1) is 9.73. The first-order valence-corrected chi connectivity index (χ1v) is 6.84. The monoisotopic (exact) mass is 311 g/mol. The van der Waals surface area contributed by atoms with E-state index in [9.17, 15) is 14.8 Å². The molecule has 0 aliphatic carbocycles. The number of halogens is 1. The van der Waals surface area contributed by atoms with Gasteiger partial charge in [0.25, 0.3) is 0 Å². The number of benzene rings is 1. The second-order valence-electron chi connectivity index (χ2n) is 5.52. The molecule has 1 N–H and O–H groups in total. The van der Waals surface area contributed by atoms with E-state index >= 15 is 0 Å². The van der Waals surface area contributed by atoms with Crippen LogP contribution in [0.1, 0.15) is 32.8 Å². The molecule has 0 aliphatic heterocycles. The van der Waals surface area contributed by atoms with Crippen LogP contribution in [0.2, 0.25) is 5.02 Å². The predicted molar refractivity (Wildman–Crippen MR) is 81.1 cm³/mol. The third kappa shape index (κ3) is 5.95. The summed E-state index contributed by atoms with van der Waals surface area (Å²) in [6.07, 6.45) is 0.523. The molecule has 0 atom stereocenters. The molecule has 21 heavy (non-hydrogen) atoms. The molecule has 1 aromatic carbocycles. The number of aliphatic hydroxyl groups excluding tert-OH is 1. The third-order valence-corrected chi connectivity index (χ3v) is 2.73. The lowest BCUT2D eigenvalue weighted by Gasteiger charge is -2.19. The molecule has 6 heteroatoms. The van der Waals surface area contributed by atoms with Crippen LogP contribution in [0.3, 0.4) is 0 Å². The van der Waals surface area contributed by atoms with Crippen LogP contribution >= 0.6 is 11.6 Å². The van der Waals surface area contributed by atoms with Crippen LogP contribution < -0.4 is 0 Å². The Labute approximate surface area is 128 Å². The Morgan fingerprint density at radius 2 is 2.05 bits per heavy atom. The highest BCUT2D eigenvalue weighted by atomic mass is 35.5. The molecule has 0 saturated heterocycles. The predicted octanol–water partition coefficient (Wildman–Crippen LogP) is 4.15. The molecule has 114 valence electrons. The summed E-state index contributed by atoms with van der Waals surface area (Å²) < 4.78 is 5.01. The molecule has 0 aromatic heterocycles. The number of allylic oxidation sites excluding steroid dienone is 1. The lowest BCUT2D eigenvalue weighted by Crippen LogP contribution is -2.25. The summed E-state index contributed by atoms with van der Waals surface area (Å²) in [5.74, 6) is -1.32. The van der Waals surface area contributed by atoms with Gasteiger partial charge in [-0.2, -0.15) is 0 Å². The number of aryl methyl sites for hydroxylation is 1. The first-order valence-electron chi connectivity index (χ1n) is 6.46. The van der Waals surface area contributed by atoms with Crippen LogP contribution in [0.5, 0.6) is 0 Å². The molecule has 0 unspecified atom stereocenters. The van der Waals surface area contributed by atoms with E-state index in [0.29, 0.717) is 11.4 Å². The molecule has 0 saturated carbocycles. The van der Waals surface area contributed by atoms with E-state index in [1.807, 2.05) is 6.07 Å². The summed E-state index contributed by atoms with van der Waals surface area (Å²) in [4.78, 5) is 22.5. The molecule has 0 fully saturated rings. The number of hydrogen-bond acceptors (Lipinski definition) is 5. The molecule has 1 aromatic rings. The third-order valence-electron chi connectivity index (χ3n) is 2.50. The van der Waals surface area contributed by atoms with Crippen molar-refractivity contribution in [3.05, 3.63) is 51.2 Å². The fourth-order valence-corrected chi connectivity index (χ4v) is 1.82. The van der Waals surface area contributed by atoms with Gasteiger partial charge in [0.05, 0.1) is 0 Å². The number of rotatable bonds is 5. The number of ether oxygens (including phenoxy) is 1. The largest absolute Gasteiger partial charge is 0.510 e. The van der Waals surface area contributed by atoms with Crippen molar-refractivity contribution in [2.24, 2.45) is 5.18 Å². The van der Waals surface area contributed by atoms with Crippen molar-refractivity contribution >= 4 is 17.6 Å². The van der Waals surface area contributed by atoms with Crippen LogP contribution in [-0.4, -0.2) is 16.7 Å². The minimum atomic E-state index is -0.930. The Morgan fingerprint density at radius 1 is 1.38 bits per heavy atom. The van der Waals surface area contributed by atoms with Gasteiger partial charge in [-0.1, -0.05) is 23.7 Å². The number of carbonyl (C=O) groups excluding carboxylic acids is 1. The zero-order chi connectivity index (χ0) is 16.0. The van der Waals surface area contributed by atoms with Crippen molar-refractivity contribution < 1.29 is 14.6 Å². The molecular weight excluding hydrogens is 294 g/mol. The molecule has 0 radical (unpaired) electrons. The van der Waals surface area contributed by atoms with Gasteiger partial charge in [0.1, 0.15) is 11.4 Å². The van der Waals surface area contributed by atoms with Gasteiger partial charge in [-0.25, -0.2) is 4.79 Å². The zero-order valence-corrected chi connectivity index (χ0v) is 13.0. The molecule has 0 amide bonds. The Hall–Kier alpha value is -1.88. The number of nitrogens with zero attached hydrogens (tertiary/aromatic N) is 1. The average Bonchev–Trinajstić information content (AvgIpc) is 2.35.